The first-order valence-electron chi connectivity index (χ1n) is 7.38. The second-order valence-electron chi connectivity index (χ2n) is 5.80. The van der Waals surface area contributed by atoms with E-state index in [1.54, 1.807) is 0 Å². The van der Waals surface area contributed by atoms with E-state index in [4.69, 9.17) is 0 Å². The average molecular weight is 258 g/mol. The molecule has 102 valence electrons. The van der Waals surface area contributed by atoms with Crippen LogP contribution in [0, 0.1) is 5.92 Å². The Morgan fingerprint density at radius 2 is 2.05 bits per heavy atom. The van der Waals surface area contributed by atoms with Crippen LogP contribution in [0.5, 0.6) is 0 Å². The number of piperidine rings is 1. The van der Waals surface area contributed by atoms with E-state index in [-0.39, 0.29) is 5.91 Å². The molecule has 1 saturated heterocycles. The van der Waals surface area contributed by atoms with Crippen molar-refractivity contribution >= 4 is 5.91 Å². The SMILES string of the molecule is O=C(CC1CCNCC1)NC[C@H]1Cc2ccccc21. The number of nitrogens with one attached hydrogen (secondary N) is 2. The lowest BCUT2D eigenvalue weighted by atomic mass is 9.77. The predicted octanol–water partition coefficient (Wildman–Crippen LogP) is 1.83. The fourth-order valence-corrected chi connectivity index (χ4v) is 3.20. The first kappa shape index (κ1) is 12.7. The maximum atomic E-state index is 11.9. The molecule has 0 bridgehead atoms. The van der Waals surface area contributed by atoms with Crippen molar-refractivity contribution in [2.24, 2.45) is 5.92 Å². The third kappa shape index (κ3) is 2.98. The third-order valence-electron chi connectivity index (χ3n) is 4.44. The molecule has 1 aliphatic carbocycles. The molecule has 2 N–H and O–H groups in total. The first-order chi connectivity index (χ1) is 9.33. The van der Waals surface area contributed by atoms with Crippen molar-refractivity contribution < 1.29 is 4.79 Å². The fraction of sp³-hybridized carbons (Fsp3) is 0.562. The number of hydrogen-bond acceptors (Lipinski definition) is 2. The Balaban J connectivity index is 1.42. The molecule has 1 atom stereocenters. The van der Waals surface area contributed by atoms with Gasteiger partial charge >= 0.3 is 0 Å². The molecular weight excluding hydrogens is 236 g/mol. The van der Waals surface area contributed by atoms with Gasteiger partial charge < -0.3 is 10.6 Å². The van der Waals surface area contributed by atoms with Crippen LogP contribution >= 0.6 is 0 Å². The molecule has 0 saturated carbocycles. The Hall–Kier alpha value is -1.35. The molecule has 0 radical (unpaired) electrons. The molecule has 3 heteroatoms. The van der Waals surface area contributed by atoms with Crippen molar-refractivity contribution in [2.75, 3.05) is 19.6 Å². The quantitative estimate of drug-likeness (QED) is 0.865. The van der Waals surface area contributed by atoms with Crippen LogP contribution < -0.4 is 10.6 Å². The number of carbonyl (C=O) groups is 1. The maximum Gasteiger partial charge on any atom is 0.220 e. The van der Waals surface area contributed by atoms with E-state index in [1.165, 1.54) is 11.1 Å². The molecule has 3 rings (SSSR count). The normalized spacial score (nSPS) is 22.4. The number of rotatable bonds is 4. The van der Waals surface area contributed by atoms with Crippen LogP contribution in [0.2, 0.25) is 0 Å². The number of benzene rings is 1. The number of fused-ring (bicyclic) bond motifs is 1. The Kier molecular flexibility index (Phi) is 3.83. The largest absolute Gasteiger partial charge is 0.355 e. The summed E-state index contributed by atoms with van der Waals surface area (Å²) >= 11 is 0. The van der Waals surface area contributed by atoms with Crippen LogP contribution in [0.3, 0.4) is 0 Å². The van der Waals surface area contributed by atoms with E-state index < -0.39 is 0 Å². The monoisotopic (exact) mass is 258 g/mol. The predicted molar refractivity (Wildman–Crippen MR) is 76.1 cm³/mol. The summed E-state index contributed by atoms with van der Waals surface area (Å²) in [4.78, 5) is 11.9. The molecule has 19 heavy (non-hydrogen) atoms. The molecule has 2 aliphatic rings. The van der Waals surface area contributed by atoms with Crippen molar-refractivity contribution in [3.05, 3.63) is 35.4 Å². The summed E-state index contributed by atoms with van der Waals surface area (Å²) in [6.07, 6.45) is 4.10. The maximum absolute atomic E-state index is 11.9. The molecule has 1 aliphatic heterocycles. The van der Waals surface area contributed by atoms with Gasteiger partial charge in [-0.25, -0.2) is 0 Å². The summed E-state index contributed by atoms with van der Waals surface area (Å²) in [5, 5.41) is 6.45. The minimum Gasteiger partial charge on any atom is -0.355 e. The first-order valence-corrected chi connectivity index (χ1v) is 7.38. The van der Waals surface area contributed by atoms with E-state index >= 15 is 0 Å². The Labute approximate surface area is 114 Å². The lowest BCUT2D eigenvalue weighted by Crippen LogP contribution is -2.36. The highest BCUT2D eigenvalue weighted by Gasteiger charge is 2.25. The van der Waals surface area contributed by atoms with E-state index in [9.17, 15) is 4.79 Å². The zero-order valence-electron chi connectivity index (χ0n) is 11.3. The lowest BCUT2D eigenvalue weighted by molar-refractivity contribution is -0.122. The number of hydrogen-bond donors (Lipinski definition) is 2. The van der Waals surface area contributed by atoms with Gasteiger partial charge in [0.05, 0.1) is 0 Å². The van der Waals surface area contributed by atoms with Crippen LogP contribution in [-0.4, -0.2) is 25.5 Å². The van der Waals surface area contributed by atoms with E-state index in [1.807, 2.05) is 0 Å². The standard InChI is InChI=1S/C16H22N2O/c19-16(9-12-5-7-17-8-6-12)18-11-14-10-13-3-1-2-4-15(13)14/h1-4,12,14,17H,5-11H2,(H,18,19)/t14-/m1/s1. The summed E-state index contributed by atoms with van der Waals surface area (Å²) in [5.41, 5.74) is 2.87. The number of amides is 1. The minimum atomic E-state index is 0.233. The van der Waals surface area contributed by atoms with Gasteiger partial charge in [0.25, 0.3) is 0 Å². The minimum absolute atomic E-state index is 0.233. The second kappa shape index (κ2) is 5.74. The second-order valence-corrected chi connectivity index (χ2v) is 5.80. The highest BCUT2D eigenvalue weighted by molar-refractivity contribution is 5.76. The van der Waals surface area contributed by atoms with E-state index in [0.29, 0.717) is 18.3 Å². The average Bonchev–Trinajstić information content (AvgIpc) is 2.41. The van der Waals surface area contributed by atoms with Crippen molar-refractivity contribution in [1.29, 1.82) is 0 Å². The van der Waals surface area contributed by atoms with Gasteiger partial charge in [0, 0.05) is 18.9 Å². The third-order valence-corrected chi connectivity index (χ3v) is 4.44. The van der Waals surface area contributed by atoms with Gasteiger partial charge in [-0.05, 0) is 49.4 Å². The molecule has 1 heterocycles. The topological polar surface area (TPSA) is 41.1 Å². The zero-order chi connectivity index (χ0) is 13.1. The van der Waals surface area contributed by atoms with Crippen LogP contribution in [-0.2, 0) is 11.2 Å². The molecular formula is C16H22N2O. The van der Waals surface area contributed by atoms with Crippen LogP contribution in [0.1, 0.15) is 36.3 Å². The van der Waals surface area contributed by atoms with Gasteiger partial charge in [-0.15, -0.1) is 0 Å². The molecule has 0 unspecified atom stereocenters. The van der Waals surface area contributed by atoms with Crippen LogP contribution in [0.15, 0.2) is 24.3 Å². The van der Waals surface area contributed by atoms with E-state index in [2.05, 4.69) is 34.9 Å². The molecule has 3 nitrogen and oxygen atoms in total. The summed E-state index contributed by atoms with van der Waals surface area (Å²) in [6.45, 7) is 2.93. The Bertz CT molecular complexity index is 452. The summed E-state index contributed by atoms with van der Waals surface area (Å²) in [6, 6.07) is 8.54. The fourth-order valence-electron chi connectivity index (χ4n) is 3.20. The van der Waals surface area contributed by atoms with Crippen molar-refractivity contribution in [2.45, 2.75) is 31.6 Å². The lowest BCUT2D eigenvalue weighted by Gasteiger charge is -2.30. The molecule has 1 aromatic rings. The molecule has 0 spiro atoms. The summed E-state index contributed by atoms with van der Waals surface area (Å²) in [7, 11) is 0. The highest BCUT2D eigenvalue weighted by Crippen LogP contribution is 2.34. The summed E-state index contributed by atoms with van der Waals surface area (Å²) < 4.78 is 0. The smallest absolute Gasteiger partial charge is 0.220 e. The highest BCUT2D eigenvalue weighted by atomic mass is 16.1. The Morgan fingerprint density at radius 3 is 2.84 bits per heavy atom. The summed E-state index contributed by atoms with van der Waals surface area (Å²) in [5.74, 6) is 1.35. The van der Waals surface area contributed by atoms with Gasteiger partial charge in [0.1, 0.15) is 0 Å². The molecule has 1 amide bonds. The van der Waals surface area contributed by atoms with Gasteiger partial charge in [0.2, 0.25) is 5.91 Å². The van der Waals surface area contributed by atoms with Crippen molar-refractivity contribution in [1.82, 2.24) is 10.6 Å². The molecule has 1 fully saturated rings. The van der Waals surface area contributed by atoms with E-state index in [0.717, 1.165) is 38.9 Å². The van der Waals surface area contributed by atoms with Crippen molar-refractivity contribution in [3.8, 4) is 0 Å². The molecule has 1 aromatic carbocycles. The number of carbonyl (C=O) groups excluding carboxylic acids is 1. The van der Waals surface area contributed by atoms with Gasteiger partial charge in [-0.3, -0.25) is 4.79 Å². The zero-order valence-corrected chi connectivity index (χ0v) is 11.3. The van der Waals surface area contributed by atoms with Crippen LogP contribution in [0.25, 0.3) is 0 Å². The molecule has 0 aromatic heterocycles. The van der Waals surface area contributed by atoms with Gasteiger partial charge in [-0.2, -0.15) is 0 Å². The van der Waals surface area contributed by atoms with Crippen LogP contribution in [0.4, 0.5) is 0 Å². The van der Waals surface area contributed by atoms with Gasteiger partial charge in [0.15, 0.2) is 0 Å². The van der Waals surface area contributed by atoms with Gasteiger partial charge in [-0.1, -0.05) is 24.3 Å². The van der Waals surface area contributed by atoms with Crippen molar-refractivity contribution in [3.63, 3.8) is 0 Å². The Morgan fingerprint density at radius 1 is 1.26 bits per heavy atom.